The van der Waals surface area contributed by atoms with E-state index >= 15 is 0 Å². The number of carbonyl (C=O) groups is 1. The summed E-state index contributed by atoms with van der Waals surface area (Å²) in [5.74, 6) is -0.655. The molecule has 0 bridgehead atoms. The third-order valence-corrected chi connectivity index (χ3v) is 2.07. The van der Waals surface area contributed by atoms with Gasteiger partial charge in [0, 0.05) is 13.0 Å². The number of carboxylic acids is 1. The molecule has 0 fully saturated rings. The van der Waals surface area contributed by atoms with E-state index in [-0.39, 0.29) is 17.2 Å². The normalized spacial score (nSPS) is 10.0. The molecule has 0 atom stereocenters. The van der Waals surface area contributed by atoms with Crippen LogP contribution in [0.5, 0.6) is 5.75 Å². The average molecular weight is 231 g/mol. The van der Waals surface area contributed by atoms with E-state index in [4.69, 9.17) is 26.6 Å². The van der Waals surface area contributed by atoms with E-state index in [2.05, 4.69) is 0 Å². The first-order valence-electron chi connectivity index (χ1n) is 4.41. The van der Waals surface area contributed by atoms with Crippen molar-refractivity contribution in [1.29, 1.82) is 0 Å². The lowest BCUT2D eigenvalue weighted by Gasteiger charge is -2.06. The minimum atomic E-state index is -1.09. The summed E-state index contributed by atoms with van der Waals surface area (Å²) in [6.07, 6.45) is 0.505. The van der Waals surface area contributed by atoms with Gasteiger partial charge in [-0.05, 0) is 18.2 Å². The number of benzene rings is 1. The molecule has 0 saturated heterocycles. The minimum Gasteiger partial charge on any atom is -0.493 e. The third kappa shape index (κ3) is 3.42. The number of halogens is 1. The van der Waals surface area contributed by atoms with Crippen LogP contribution in [0.3, 0.4) is 0 Å². The number of aliphatic hydroxyl groups is 1. The lowest BCUT2D eigenvalue weighted by molar-refractivity contribution is 0.0696. The van der Waals surface area contributed by atoms with Gasteiger partial charge < -0.3 is 14.9 Å². The lowest BCUT2D eigenvalue weighted by atomic mass is 10.2. The number of hydrogen-bond donors (Lipinski definition) is 2. The molecule has 0 amide bonds. The van der Waals surface area contributed by atoms with Crippen LogP contribution in [-0.4, -0.2) is 29.4 Å². The number of hydrogen-bond acceptors (Lipinski definition) is 3. The SMILES string of the molecule is O=C(O)c1cc(OCCCO)ccc1Cl. The summed E-state index contributed by atoms with van der Waals surface area (Å²) < 4.78 is 5.21. The molecule has 0 aromatic heterocycles. The van der Waals surface area contributed by atoms with Gasteiger partial charge in [0.2, 0.25) is 0 Å². The summed E-state index contributed by atoms with van der Waals surface area (Å²) in [7, 11) is 0. The quantitative estimate of drug-likeness (QED) is 0.757. The van der Waals surface area contributed by atoms with Crippen molar-refractivity contribution in [2.75, 3.05) is 13.2 Å². The Labute approximate surface area is 92.1 Å². The van der Waals surface area contributed by atoms with Gasteiger partial charge in [-0.3, -0.25) is 0 Å². The fourth-order valence-corrected chi connectivity index (χ4v) is 1.21. The Morgan fingerprint density at radius 2 is 2.20 bits per heavy atom. The Balaban J connectivity index is 2.74. The van der Waals surface area contributed by atoms with Crippen molar-refractivity contribution in [3.63, 3.8) is 0 Å². The van der Waals surface area contributed by atoms with Crippen molar-refractivity contribution >= 4 is 17.6 Å². The number of aromatic carboxylic acids is 1. The molecule has 4 nitrogen and oxygen atoms in total. The number of carboxylic acid groups (broad SMARTS) is 1. The van der Waals surface area contributed by atoms with Gasteiger partial charge in [-0.2, -0.15) is 0 Å². The molecule has 0 spiro atoms. The van der Waals surface area contributed by atoms with Gasteiger partial charge in [-0.15, -0.1) is 0 Å². The summed E-state index contributed by atoms with van der Waals surface area (Å²) in [5, 5.41) is 17.5. The highest BCUT2D eigenvalue weighted by molar-refractivity contribution is 6.33. The van der Waals surface area contributed by atoms with E-state index in [0.717, 1.165) is 0 Å². The largest absolute Gasteiger partial charge is 0.493 e. The van der Waals surface area contributed by atoms with Crippen LogP contribution in [0, 0.1) is 0 Å². The maximum atomic E-state index is 10.7. The van der Waals surface area contributed by atoms with Gasteiger partial charge in [-0.1, -0.05) is 11.6 Å². The molecule has 2 N–H and O–H groups in total. The summed E-state index contributed by atoms with van der Waals surface area (Å²) in [4.78, 5) is 10.7. The Bertz CT molecular complexity index is 351. The smallest absolute Gasteiger partial charge is 0.337 e. The molecule has 0 aliphatic heterocycles. The fraction of sp³-hybridized carbons (Fsp3) is 0.300. The first-order chi connectivity index (χ1) is 7.15. The van der Waals surface area contributed by atoms with E-state index < -0.39 is 5.97 Å². The van der Waals surface area contributed by atoms with Crippen molar-refractivity contribution in [3.8, 4) is 5.75 Å². The molecular formula is C10H11ClO4. The molecule has 0 heterocycles. The van der Waals surface area contributed by atoms with Gasteiger partial charge >= 0.3 is 5.97 Å². The van der Waals surface area contributed by atoms with Gasteiger partial charge in [0.1, 0.15) is 5.75 Å². The zero-order valence-corrected chi connectivity index (χ0v) is 8.70. The van der Waals surface area contributed by atoms with Crippen LogP contribution in [0.1, 0.15) is 16.8 Å². The molecule has 0 aliphatic carbocycles. The summed E-state index contributed by atoms with van der Waals surface area (Å²) in [6, 6.07) is 4.42. The Hall–Kier alpha value is -1.26. The van der Waals surface area contributed by atoms with Gasteiger partial charge in [0.05, 0.1) is 17.2 Å². The van der Waals surface area contributed by atoms with Crippen molar-refractivity contribution in [2.24, 2.45) is 0 Å². The van der Waals surface area contributed by atoms with Crippen molar-refractivity contribution in [3.05, 3.63) is 28.8 Å². The second-order valence-corrected chi connectivity index (χ2v) is 3.28. The number of rotatable bonds is 5. The molecule has 5 heteroatoms. The van der Waals surface area contributed by atoms with Crippen LogP contribution >= 0.6 is 11.6 Å². The highest BCUT2D eigenvalue weighted by atomic mass is 35.5. The van der Waals surface area contributed by atoms with E-state index in [1.807, 2.05) is 0 Å². The first kappa shape index (κ1) is 11.8. The second-order valence-electron chi connectivity index (χ2n) is 2.87. The summed E-state index contributed by atoms with van der Waals surface area (Å²) in [5.41, 5.74) is 0.0122. The highest BCUT2D eigenvalue weighted by Gasteiger charge is 2.09. The van der Waals surface area contributed by atoms with E-state index in [1.54, 1.807) is 6.07 Å². The fourth-order valence-electron chi connectivity index (χ4n) is 1.01. The van der Waals surface area contributed by atoms with Gasteiger partial charge in [-0.25, -0.2) is 4.79 Å². The molecule has 0 saturated carbocycles. The molecule has 0 unspecified atom stereocenters. The molecule has 0 radical (unpaired) electrons. The second kappa shape index (κ2) is 5.58. The Morgan fingerprint density at radius 3 is 2.80 bits per heavy atom. The Kier molecular flexibility index (Phi) is 4.39. The number of ether oxygens (including phenoxy) is 1. The maximum Gasteiger partial charge on any atom is 0.337 e. The van der Waals surface area contributed by atoms with Crippen LogP contribution in [0.15, 0.2) is 18.2 Å². The van der Waals surface area contributed by atoms with Crippen LogP contribution < -0.4 is 4.74 Å². The van der Waals surface area contributed by atoms with E-state index in [1.165, 1.54) is 12.1 Å². The van der Waals surface area contributed by atoms with Crippen LogP contribution in [0.4, 0.5) is 0 Å². The van der Waals surface area contributed by atoms with Crippen molar-refractivity contribution < 1.29 is 19.7 Å². The molecule has 1 aromatic rings. The lowest BCUT2D eigenvalue weighted by Crippen LogP contribution is -2.02. The number of aliphatic hydroxyl groups excluding tert-OH is 1. The molecule has 1 aromatic carbocycles. The average Bonchev–Trinajstić information content (AvgIpc) is 2.20. The van der Waals surface area contributed by atoms with Crippen LogP contribution in [-0.2, 0) is 0 Å². The zero-order valence-electron chi connectivity index (χ0n) is 7.94. The van der Waals surface area contributed by atoms with E-state index in [0.29, 0.717) is 18.8 Å². The van der Waals surface area contributed by atoms with Crippen molar-refractivity contribution in [2.45, 2.75) is 6.42 Å². The topological polar surface area (TPSA) is 66.8 Å². The van der Waals surface area contributed by atoms with Gasteiger partial charge in [0.25, 0.3) is 0 Å². The predicted octanol–water partition coefficient (Wildman–Crippen LogP) is 1.80. The van der Waals surface area contributed by atoms with Crippen LogP contribution in [0.25, 0.3) is 0 Å². The monoisotopic (exact) mass is 230 g/mol. The third-order valence-electron chi connectivity index (χ3n) is 1.74. The van der Waals surface area contributed by atoms with Crippen molar-refractivity contribution in [1.82, 2.24) is 0 Å². The minimum absolute atomic E-state index is 0.0122. The highest BCUT2D eigenvalue weighted by Crippen LogP contribution is 2.22. The first-order valence-corrected chi connectivity index (χ1v) is 4.79. The predicted molar refractivity (Wildman–Crippen MR) is 55.6 cm³/mol. The maximum absolute atomic E-state index is 10.7. The summed E-state index contributed by atoms with van der Waals surface area (Å²) in [6.45, 7) is 0.385. The molecule has 0 aliphatic rings. The standard InChI is InChI=1S/C10H11ClO4/c11-9-3-2-7(15-5-1-4-12)6-8(9)10(13)14/h2-3,6,12H,1,4-5H2,(H,13,14). The van der Waals surface area contributed by atoms with Crippen LogP contribution in [0.2, 0.25) is 5.02 Å². The van der Waals surface area contributed by atoms with Gasteiger partial charge in [0.15, 0.2) is 0 Å². The zero-order chi connectivity index (χ0) is 11.3. The summed E-state index contributed by atoms with van der Waals surface area (Å²) >= 11 is 5.68. The molecule has 1 rings (SSSR count). The molecular weight excluding hydrogens is 220 g/mol. The molecule has 15 heavy (non-hydrogen) atoms. The van der Waals surface area contributed by atoms with E-state index in [9.17, 15) is 4.79 Å². The molecule has 82 valence electrons. The Morgan fingerprint density at radius 1 is 1.47 bits per heavy atom.